The number of nitrogen functional groups attached to an aromatic ring is 3. The summed E-state index contributed by atoms with van der Waals surface area (Å²) in [5.74, 6) is 15.9. The molecule has 0 bridgehead atoms. The van der Waals surface area contributed by atoms with Gasteiger partial charge in [0.15, 0.2) is 11.6 Å². The first-order chi connectivity index (χ1) is 5.83. The Labute approximate surface area is 67.6 Å². The predicted octanol–water partition coefficient (Wildman–Crippen LogP) is -2.27. The lowest BCUT2D eigenvalue weighted by Gasteiger charge is -2.08. The maximum Gasteiger partial charge on any atom is 0.193 e. The van der Waals surface area contributed by atoms with E-state index in [1.165, 1.54) is 0 Å². The van der Waals surface area contributed by atoms with Crippen LogP contribution in [0.2, 0.25) is 0 Å². The van der Waals surface area contributed by atoms with E-state index in [1.807, 2.05) is 0 Å². The van der Waals surface area contributed by atoms with E-state index in [4.69, 9.17) is 17.5 Å². The van der Waals surface area contributed by atoms with Gasteiger partial charge in [-0.25, -0.2) is 11.7 Å². The third-order valence-corrected chi connectivity index (χ3v) is 1.18. The molecule has 0 fully saturated rings. The molecule has 0 aromatic carbocycles. The molecule has 0 radical (unpaired) electrons. The van der Waals surface area contributed by atoms with Crippen LogP contribution in [0.4, 0.5) is 17.3 Å². The number of hydrogen-bond donors (Lipinski definition) is 6. The van der Waals surface area contributed by atoms with Crippen molar-refractivity contribution in [3.05, 3.63) is 0 Å². The Hall–Kier alpha value is -1.71. The average Bonchev–Trinajstić information content (AvgIpc) is 2.16. The number of nitrogens with two attached hydrogens (primary N) is 3. The van der Waals surface area contributed by atoms with Crippen molar-refractivity contribution in [1.82, 2.24) is 15.4 Å². The van der Waals surface area contributed by atoms with Crippen molar-refractivity contribution in [3.8, 4) is 0 Å². The monoisotopic (exact) mass is 171 g/mol. The number of nitrogens with one attached hydrogen (secondary N) is 3. The standard InChI is InChI=1S/C3H9N9/c4-7-1-2(8-5)10-12-11-3(1)9-6/h4-6H2,(H,7,12)(H2,8,9,10,11). The fourth-order valence-corrected chi connectivity index (χ4v) is 0.663. The van der Waals surface area contributed by atoms with E-state index in [1.54, 1.807) is 0 Å². The maximum atomic E-state index is 5.15. The zero-order chi connectivity index (χ0) is 8.97. The summed E-state index contributed by atoms with van der Waals surface area (Å²) >= 11 is 0. The van der Waals surface area contributed by atoms with Gasteiger partial charge in [0.1, 0.15) is 5.69 Å². The maximum absolute atomic E-state index is 5.15. The lowest BCUT2D eigenvalue weighted by molar-refractivity contribution is 0.866. The summed E-state index contributed by atoms with van der Waals surface area (Å²) in [6.45, 7) is 0. The Bertz CT molecular complexity index is 236. The van der Waals surface area contributed by atoms with Crippen molar-refractivity contribution >= 4 is 17.3 Å². The molecule has 66 valence electrons. The van der Waals surface area contributed by atoms with Crippen LogP contribution in [0.25, 0.3) is 0 Å². The molecule has 1 heterocycles. The molecule has 0 amide bonds. The lowest BCUT2D eigenvalue weighted by Crippen LogP contribution is -2.20. The Morgan fingerprint density at radius 2 is 1.33 bits per heavy atom. The Morgan fingerprint density at radius 3 is 1.67 bits per heavy atom. The molecule has 0 aliphatic carbocycles. The van der Waals surface area contributed by atoms with Crippen molar-refractivity contribution in [2.24, 2.45) is 17.5 Å². The van der Waals surface area contributed by atoms with Gasteiger partial charge in [0, 0.05) is 0 Å². The number of nitrogens with zero attached hydrogens (tertiary/aromatic N) is 3. The van der Waals surface area contributed by atoms with Gasteiger partial charge in [-0.3, -0.25) is 5.84 Å². The minimum atomic E-state index is 0.250. The number of aromatic nitrogens is 3. The molecule has 1 aromatic heterocycles. The van der Waals surface area contributed by atoms with Crippen LogP contribution >= 0.6 is 0 Å². The van der Waals surface area contributed by atoms with Crippen LogP contribution in [0.3, 0.4) is 0 Å². The summed E-state index contributed by atoms with van der Waals surface area (Å²) in [6, 6.07) is 0. The van der Waals surface area contributed by atoms with Gasteiger partial charge in [0.25, 0.3) is 0 Å². The Kier molecular flexibility index (Phi) is 2.53. The first-order valence-corrected chi connectivity index (χ1v) is 2.96. The quantitative estimate of drug-likeness (QED) is 0.218. The van der Waals surface area contributed by atoms with E-state index in [0.29, 0.717) is 5.69 Å². The number of hydrogen-bond acceptors (Lipinski definition) is 9. The molecule has 9 nitrogen and oxygen atoms in total. The highest BCUT2D eigenvalue weighted by molar-refractivity contribution is 5.74. The van der Waals surface area contributed by atoms with Crippen LogP contribution in [0, 0.1) is 0 Å². The molecular formula is C3H9N9. The number of hydrazine groups is 3. The van der Waals surface area contributed by atoms with Crippen LogP contribution in [0.5, 0.6) is 0 Å². The SMILES string of the molecule is NNc1nnnc(NN)c1NN. The molecule has 0 aliphatic heterocycles. The molecule has 0 spiro atoms. The Balaban J connectivity index is 3.13. The first-order valence-electron chi connectivity index (χ1n) is 2.96. The van der Waals surface area contributed by atoms with Crippen LogP contribution in [-0.2, 0) is 0 Å². The minimum Gasteiger partial charge on any atom is -0.318 e. The van der Waals surface area contributed by atoms with Crippen LogP contribution in [0.15, 0.2) is 0 Å². The average molecular weight is 171 g/mol. The molecule has 1 aromatic rings. The zero-order valence-corrected chi connectivity index (χ0v) is 6.07. The van der Waals surface area contributed by atoms with Gasteiger partial charge in [0.2, 0.25) is 0 Å². The van der Waals surface area contributed by atoms with E-state index in [0.717, 1.165) is 0 Å². The molecular weight excluding hydrogens is 162 g/mol. The second-order valence-electron chi connectivity index (χ2n) is 1.79. The highest BCUT2D eigenvalue weighted by atomic mass is 15.4. The first kappa shape index (κ1) is 8.39. The van der Waals surface area contributed by atoms with Crippen molar-refractivity contribution in [2.45, 2.75) is 0 Å². The summed E-state index contributed by atoms with van der Waals surface area (Å²) in [4.78, 5) is 0. The molecule has 12 heavy (non-hydrogen) atoms. The number of rotatable bonds is 3. The van der Waals surface area contributed by atoms with Gasteiger partial charge in [-0.15, -0.1) is 10.2 Å². The van der Waals surface area contributed by atoms with Gasteiger partial charge in [-0.1, -0.05) is 0 Å². The smallest absolute Gasteiger partial charge is 0.193 e. The van der Waals surface area contributed by atoms with E-state index in [2.05, 4.69) is 31.7 Å². The fourth-order valence-electron chi connectivity index (χ4n) is 0.663. The molecule has 9 N–H and O–H groups in total. The van der Waals surface area contributed by atoms with Crippen LogP contribution < -0.4 is 33.8 Å². The minimum absolute atomic E-state index is 0.250. The molecule has 1 rings (SSSR count). The third kappa shape index (κ3) is 1.32. The summed E-state index contributed by atoms with van der Waals surface area (Å²) in [7, 11) is 0. The summed E-state index contributed by atoms with van der Waals surface area (Å²) in [5.41, 5.74) is 7.20. The molecule has 0 saturated carbocycles. The lowest BCUT2D eigenvalue weighted by atomic mass is 10.4. The highest BCUT2D eigenvalue weighted by Crippen LogP contribution is 2.21. The van der Waals surface area contributed by atoms with Crippen molar-refractivity contribution in [3.63, 3.8) is 0 Å². The van der Waals surface area contributed by atoms with Crippen LogP contribution in [-0.4, -0.2) is 15.4 Å². The van der Waals surface area contributed by atoms with Crippen LogP contribution in [0.1, 0.15) is 0 Å². The van der Waals surface area contributed by atoms with Crippen molar-refractivity contribution in [2.75, 3.05) is 16.3 Å². The molecule has 0 saturated heterocycles. The second kappa shape index (κ2) is 3.61. The predicted molar refractivity (Wildman–Crippen MR) is 43.3 cm³/mol. The van der Waals surface area contributed by atoms with E-state index < -0.39 is 0 Å². The summed E-state index contributed by atoms with van der Waals surface area (Å²) < 4.78 is 0. The molecule has 9 heteroatoms. The molecule has 0 aliphatic rings. The molecule has 0 atom stereocenters. The van der Waals surface area contributed by atoms with Gasteiger partial charge < -0.3 is 16.3 Å². The second-order valence-corrected chi connectivity index (χ2v) is 1.79. The Morgan fingerprint density at radius 1 is 0.833 bits per heavy atom. The van der Waals surface area contributed by atoms with Gasteiger partial charge in [-0.05, 0) is 5.21 Å². The molecule has 0 unspecified atom stereocenters. The fraction of sp³-hybridized carbons (Fsp3) is 0. The van der Waals surface area contributed by atoms with E-state index >= 15 is 0 Å². The normalized spacial score (nSPS) is 9.25. The zero-order valence-electron chi connectivity index (χ0n) is 6.07. The topological polar surface area (TPSA) is 153 Å². The van der Waals surface area contributed by atoms with Gasteiger partial charge in [-0.2, -0.15) is 0 Å². The van der Waals surface area contributed by atoms with Crippen molar-refractivity contribution in [1.29, 1.82) is 0 Å². The number of anilines is 3. The van der Waals surface area contributed by atoms with Crippen molar-refractivity contribution < 1.29 is 0 Å². The summed E-state index contributed by atoms with van der Waals surface area (Å²) in [5, 5.41) is 10.4. The van der Waals surface area contributed by atoms with E-state index in [-0.39, 0.29) is 11.6 Å². The highest BCUT2D eigenvalue weighted by Gasteiger charge is 2.08. The van der Waals surface area contributed by atoms with E-state index in [9.17, 15) is 0 Å². The van der Waals surface area contributed by atoms with Gasteiger partial charge >= 0.3 is 0 Å². The third-order valence-electron chi connectivity index (χ3n) is 1.18. The largest absolute Gasteiger partial charge is 0.318 e. The van der Waals surface area contributed by atoms with Gasteiger partial charge in [0.05, 0.1) is 0 Å². The summed E-state index contributed by atoms with van der Waals surface area (Å²) in [6.07, 6.45) is 0.